The zero-order valence-electron chi connectivity index (χ0n) is 12.7. The molecule has 0 unspecified atom stereocenters. The van der Waals surface area contributed by atoms with Gasteiger partial charge in [-0.15, -0.1) is 11.3 Å². The first kappa shape index (κ1) is 15.9. The third-order valence-electron chi connectivity index (χ3n) is 3.60. The lowest BCUT2D eigenvalue weighted by atomic mass is 10.1. The first-order valence-corrected chi connectivity index (χ1v) is 9.91. The van der Waals surface area contributed by atoms with Crippen LogP contribution in [-0.4, -0.2) is 20.5 Å². The number of hydrogen-bond donors (Lipinski definition) is 0. The zero-order valence-corrected chi connectivity index (χ0v) is 14.3. The number of carbonyl (C=O) groups is 1. The third kappa shape index (κ3) is 3.86. The summed E-state index contributed by atoms with van der Waals surface area (Å²) >= 11 is 1.64. The maximum absolute atomic E-state index is 12.2. The summed E-state index contributed by atoms with van der Waals surface area (Å²) in [5, 5.41) is 1.16. The molecule has 3 rings (SSSR count). The van der Waals surface area contributed by atoms with Crippen LogP contribution < -0.4 is 0 Å². The number of rotatable bonds is 5. The van der Waals surface area contributed by atoms with Crippen LogP contribution in [0.1, 0.15) is 10.4 Å². The predicted molar refractivity (Wildman–Crippen MR) is 93.8 cm³/mol. The van der Waals surface area contributed by atoms with Crippen molar-refractivity contribution in [2.45, 2.75) is 17.7 Å². The lowest BCUT2D eigenvalue weighted by Crippen LogP contribution is -2.06. The number of fused-ring (bicyclic) bond motifs is 1. The van der Waals surface area contributed by atoms with E-state index in [9.17, 15) is 13.2 Å². The van der Waals surface area contributed by atoms with Crippen molar-refractivity contribution < 1.29 is 13.2 Å². The van der Waals surface area contributed by atoms with Gasteiger partial charge in [-0.25, -0.2) is 8.42 Å². The van der Waals surface area contributed by atoms with Gasteiger partial charge in [0, 0.05) is 28.7 Å². The number of thiophene rings is 1. The Balaban J connectivity index is 1.69. The molecule has 0 atom stereocenters. The Morgan fingerprint density at radius 1 is 1.00 bits per heavy atom. The van der Waals surface area contributed by atoms with Crippen molar-refractivity contribution in [1.82, 2.24) is 0 Å². The van der Waals surface area contributed by atoms with Crippen molar-refractivity contribution in [3.8, 4) is 0 Å². The Kier molecular flexibility index (Phi) is 4.33. The van der Waals surface area contributed by atoms with E-state index in [0.29, 0.717) is 12.8 Å². The second-order valence-electron chi connectivity index (χ2n) is 5.56. The summed E-state index contributed by atoms with van der Waals surface area (Å²) < 4.78 is 24.0. The van der Waals surface area contributed by atoms with E-state index in [-0.39, 0.29) is 10.7 Å². The quantitative estimate of drug-likeness (QED) is 0.710. The van der Waals surface area contributed by atoms with Crippen molar-refractivity contribution >= 4 is 37.0 Å². The van der Waals surface area contributed by atoms with Crippen LogP contribution in [0.25, 0.3) is 10.1 Å². The van der Waals surface area contributed by atoms with Crippen molar-refractivity contribution in [2.24, 2.45) is 0 Å². The van der Waals surface area contributed by atoms with E-state index in [1.807, 2.05) is 18.2 Å². The minimum atomic E-state index is -3.19. The standard InChI is InChI=1S/C18H16O3S2/c1-23(20,21)17-8-6-13(7-9-17)10-15(19)12-16-11-14-4-2-3-5-18(14)22-16/h2-9,11H,10,12H2,1H3. The fourth-order valence-electron chi connectivity index (χ4n) is 2.46. The average Bonchev–Trinajstić information content (AvgIpc) is 2.88. The highest BCUT2D eigenvalue weighted by Crippen LogP contribution is 2.26. The number of Topliss-reactive ketones (excluding diaryl/α,β-unsaturated/α-hetero) is 1. The number of sulfone groups is 1. The predicted octanol–water partition coefficient (Wildman–Crippen LogP) is 3.66. The first-order valence-electron chi connectivity index (χ1n) is 7.20. The minimum absolute atomic E-state index is 0.128. The van der Waals surface area contributed by atoms with Crippen LogP contribution in [0.3, 0.4) is 0 Å². The van der Waals surface area contributed by atoms with Gasteiger partial charge in [-0.3, -0.25) is 4.79 Å². The van der Waals surface area contributed by atoms with E-state index < -0.39 is 9.84 Å². The molecule has 23 heavy (non-hydrogen) atoms. The molecule has 0 aliphatic heterocycles. The molecule has 3 aromatic rings. The maximum Gasteiger partial charge on any atom is 0.175 e. The van der Waals surface area contributed by atoms with Gasteiger partial charge >= 0.3 is 0 Å². The van der Waals surface area contributed by atoms with Gasteiger partial charge in [0.25, 0.3) is 0 Å². The molecule has 5 heteroatoms. The fourth-order valence-corrected chi connectivity index (χ4v) is 4.19. The summed E-state index contributed by atoms with van der Waals surface area (Å²) in [6.45, 7) is 0. The summed E-state index contributed by atoms with van der Waals surface area (Å²) in [5.74, 6) is 0.128. The molecule has 0 radical (unpaired) electrons. The van der Waals surface area contributed by atoms with Crippen LogP contribution in [0.15, 0.2) is 59.5 Å². The Bertz CT molecular complexity index is 918. The third-order valence-corrected chi connectivity index (χ3v) is 5.85. The molecule has 0 amide bonds. The van der Waals surface area contributed by atoms with Gasteiger partial charge < -0.3 is 0 Å². The van der Waals surface area contributed by atoms with Crippen molar-refractivity contribution in [3.05, 3.63) is 65.0 Å². The van der Waals surface area contributed by atoms with Crippen molar-refractivity contribution in [1.29, 1.82) is 0 Å². The highest BCUT2D eigenvalue weighted by Gasteiger charge is 2.10. The van der Waals surface area contributed by atoms with E-state index in [0.717, 1.165) is 15.8 Å². The summed E-state index contributed by atoms with van der Waals surface area (Å²) in [5.41, 5.74) is 0.837. The number of benzene rings is 2. The topological polar surface area (TPSA) is 51.2 Å². The van der Waals surface area contributed by atoms with E-state index in [4.69, 9.17) is 0 Å². The molecular weight excluding hydrogens is 328 g/mol. The fraction of sp³-hybridized carbons (Fsp3) is 0.167. The number of hydrogen-bond acceptors (Lipinski definition) is 4. The summed E-state index contributed by atoms with van der Waals surface area (Å²) in [6, 6.07) is 16.7. The SMILES string of the molecule is CS(=O)(=O)c1ccc(CC(=O)Cc2cc3ccccc3s2)cc1. The van der Waals surface area contributed by atoms with Crippen LogP contribution in [-0.2, 0) is 27.5 Å². The molecule has 2 aromatic carbocycles. The minimum Gasteiger partial charge on any atom is -0.299 e. The Labute approximate surface area is 139 Å². The first-order chi connectivity index (χ1) is 10.9. The summed E-state index contributed by atoms with van der Waals surface area (Å²) in [4.78, 5) is 13.6. The van der Waals surface area contributed by atoms with Crippen molar-refractivity contribution in [3.63, 3.8) is 0 Å². The van der Waals surface area contributed by atoms with Gasteiger partial charge in [0.15, 0.2) is 9.84 Å². The largest absolute Gasteiger partial charge is 0.299 e. The molecule has 1 heterocycles. The molecule has 0 N–H and O–H groups in total. The van der Waals surface area contributed by atoms with Crippen LogP contribution in [0.5, 0.6) is 0 Å². The normalized spacial score (nSPS) is 11.7. The second kappa shape index (κ2) is 6.26. The highest BCUT2D eigenvalue weighted by atomic mass is 32.2. The van der Waals surface area contributed by atoms with Crippen LogP contribution >= 0.6 is 11.3 Å². The van der Waals surface area contributed by atoms with E-state index in [1.54, 1.807) is 35.6 Å². The molecule has 0 aliphatic carbocycles. The molecule has 0 saturated heterocycles. The molecule has 0 bridgehead atoms. The average molecular weight is 344 g/mol. The monoisotopic (exact) mass is 344 g/mol. The number of ketones is 1. The van der Waals surface area contributed by atoms with Crippen LogP contribution in [0.4, 0.5) is 0 Å². The molecule has 0 spiro atoms. The molecule has 118 valence electrons. The van der Waals surface area contributed by atoms with E-state index in [2.05, 4.69) is 12.1 Å². The van der Waals surface area contributed by atoms with E-state index >= 15 is 0 Å². The van der Waals surface area contributed by atoms with Gasteiger partial charge in [-0.2, -0.15) is 0 Å². The summed E-state index contributed by atoms with van der Waals surface area (Å²) in [7, 11) is -3.19. The summed E-state index contributed by atoms with van der Waals surface area (Å²) in [6.07, 6.45) is 1.90. The van der Waals surface area contributed by atoms with Gasteiger partial charge in [0.1, 0.15) is 5.78 Å². The highest BCUT2D eigenvalue weighted by molar-refractivity contribution is 7.90. The Morgan fingerprint density at radius 2 is 1.70 bits per heavy atom. The molecule has 0 fully saturated rings. The molecule has 0 aliphatic rings. The van der Waals surface area contributed by atoms with Crippen LogP contribution in [0, 0.1) is 0 Å². The Morgan fingerprint density at radius 3 is 2.35 bits per heavy atom. The smallest absolute Gasteiger partial charge is 0.175 e. The van der Waals surface area contributed by atoms with E-state index in [1.165, 1.54) is 11.0 Å². The van der Waals surface area contributed by atoms with Crippen molar-refractivity contribution in [2.75, 3.05) is 6.26 Å². The number of carbonyl (C=O) groups excluding carboxylic acids is 1. The molecule has 1 aromatic heterocycles. The lowest BCUT2D eigenvalue weighted by molar-refractivity contribution is -0.117. The van der Waals surface area contributed by atoms with Gasteiger partial charge in [-0.1, -0.05) is 30.3 Å². The maximum atomic E-state index is 12.2. The Hall–Kier alpha value is -1.98. The molecular formula is C18H16O3S2. The van der Waals surface area contributed by atoms with Crippen LogP contribution in [0.2, 0.25) is 0 Å². The molecule has 0 saturated carbocycles. The molecule has 3 nitrogen and oxygen atoms in total. The second-order valence-corrected chi connectivity index (χ2v) is 8.74. The van der Waals surface area contributed by atoms with Gasteiger partial charge in [0.05, 0.1) is 4.90 Å². The van der Waals surface area contributed by atoms with Gasteiger partial charge in [-0.05, 0) is 35.2 Å². The zero-order chi connectivity index (χ0) is 16.4. The lowest BCUT2D eigenvalue weighted by Gasteiger charge is -2.02. The van der Waals surface area contributed by atoms with Gasteiger partial charge in [0.2, 0.25) is 0 Å².